The molecule has 0 spiro atoms. The quantitative estimate of drug-likeness (QED) is 0.373. The summed E-state index contributed by atoms with van der Waals surface area (Å²) in [5.74, 6) is 0.543. The molecule has 24 heavy (non-hydrogen) atoms. The van der Waals surface area contributed by atoms with E-state index in [0.29, 0.717) is 5.88 Å². The Balaban J connectivity index is 2.42. The van der Waals surface area contributed by atoms with Crippen LogP contribution in [0, 0.1) is 0 Å². The van der Waals surface area contributed by atoms with Gasteiger partial charge in [-0.1, -0.05) is 102 Å². The van der Waals surface area contributed by atoms with Gasteiger partial charge in [0.1, 0.15) is 0 Å². The van der Waals surface area contributed by atoms with Crippen LogP contribution >= 0.6 is 11.6 Å². The van der Waals surface area contributed by atoms with Crippen molar-refractivity contribution in [2.75, 3.05) is 5.88 Å². The van der Waals surface area contributed by atoms with Gasteiger partial charge in [0.2, 0.25) is 0 Å². The minimum atomic E-state index is -2.32. The van der Waals surface area contributed by atoms with E-state index in [4.69, 9.17) is 11.6 Å². The van der Waals surface area contributed by atoms with Crippen LogP contribution in [-0.4, -0.2) is 14.0 Å². The average molecular weight is 349 g/mol. The molecule has 120 valence electrons. The highest BCUT2D eigenvalue weighted by Crippen LogP contribution is 2.18. The van der Waals surface area contributed by atoms with Crippen molar-refractivity contribution in [1.29, 1.82) is 0 Å². The monoisotopic (exact) mass is 348 g/mol. The number of hydrogen-bond acceptors (Lipinski definition) is 0. The lowest BCUT2D eigenvalue weighted by molar-refractivity contribution is 1.52. The van der Waals surface area contributed by atoms with E-state index in [9.17, 15) is 0 Å². The SMILES string of the molecule is C/C=C(/CCl)[Si](c1ccccc1)(c1ccccc1)c1ccccc1. The highest BCUT2D eigenvalue weighted by molar-refractivity contribution is 7.16. The second-order valence-corrected chi connectivity index (χ2v) is 9.94. The van der Waals surface area contributed by atoms with Crippen molar-refractivity contribution in [3.8, 4) is 0 Å². The van der Waals surface area contributed by atoms with Gasteiger partial charge in [0.05, 0.1) is 0 Å². The van der Waals surface area contributed by atoms with Crippen molar-refractivity contribution in [2.24, 2.45) is 0 Å². The number of alkyl halides is 1. The minimum Gasteiger partial charge on any atom is -0.122 e. The van der Waals surface area contributed by atoms with Gasteiger partial charge in [0.15, 0.2) is 8.07 Å². The van der Waals surface area contributed by atoms with Gasteiger partial charge >= 0.3 is 0 Å². The first-order valence-corrected chi connectivity index (χ1v) is 10.8. The molecule has 0 fully saturated rings. The van der Waals surface area contributed by atoms with Crippen LogP contribution in [-0.2, 0) is 0 Å². The van der Waals surface area contributed by atoms with Crippen LogP contribution in [0.25, 0.3) is 0 Å². The third kappa shape index (κ3) is 2.86. The molecule has 0 bridgehead atoms. The summed E-state index contributed by atoms with van der Waals surface area (Å²) in [5, 5.41) is 5.44. The van der Waals surface area contributed by atoms with Gasteiger partial charge < -0.3 is 0 Å². The summed E-state index contributed by atoms with van der Waals surface area (Å²) in [6.07, 6.45) is 2.21. The lowest BCUT2D eigenvalue weighted by Crippen LogP contribution is -2.69. The fourth-order valence-electron chi connectivity index (χ4n) is 3.51. The van der Waals surface area contributed by atoms with Crippen molar-refractivity contribution < 1.29 is 0 Å². The van der Waals surface area contributed by atoms with Crippen LogP contribution in [0.5, 0.6) is 0 Å². The highest BCUT2D eigenvalue weighted by atomic mass is 35.5. The summed E-state index contributed by atoms with van der Waals surface area (Å²) in [7, 11) is -2.32. The van der Waals surface area contributed by atoms with Crippen molar-refractivity contribution in [3.05, 3.63) is 102 Å². The maximum absolute atomic E-state index is 6.47. The van der Waals surface area contributed by atoms with Gasteiger partial charge in [-0.25, -0.2) is 0 Å². The summed E-state index contributed by atoms with van der Waals surface area (Å²) in [6, 6.07) is 32.5. The Morgan fingerprint density at radius 3 is 1.29 bits per heavy atom. The molecule has 0 N–H and O–H groups in total. The molecular formula is C22H21ClSi. The van der Waals surface area contributed by atoms with Crippen molar-refractivity contribution in [2.45, 2.75) is 6.92 Å². The molecule has 3 aromatic rings. The molecule has 0 nitrogen and oxygen atoms in total. The minimum absolute atomic E-state index is 0.543. The van der Waals surface area contributed by atoms with Gasteiger partial charge in [-0.15, -0.1) is 11.6 Å². The zero-order valence-corrected chi connectivity index (χ0v) is 15.6. The first-order valence-electron chi connectivity index (χ1n) is 8.22. The van der Waals surface area contributed by atoms with E-state index in [1.165, 1.54) is 20.8 Å². The fraction of sp³-hybridized carbons (Fsp3) is 0.0909. The molecule has 0 atom stereocenters. The molecule has 0 aliphatic rings. The third-order valence-corrected chi connectivity index (χ3v) is 10.1. The Hall–Kier alpha value is -2.09. The Morgan fingerprint density at radius 2 is 1.04 bits per heavy atom. The van der Waals surface area contributed by atoms with E-state index in [1.54, 1.807) is 0 Å². The number of halogens is 1. The van der Waals surface area contributed by atoms with E-state index in [2.05, 4.69) is 104 Å². The number of hydrogen-bond donors (Lipinski definition) is 0. The van der Waals surface area contributed by atoms with Crippen LogP contribution in [0.15, 0.2) is 102 Å². The Labute approximate surface area is 150 Å². The van der Waals surface area contributed by atoms with Gasteiger partial charge in [-0.05, 0) is 22.5 Å². The van der Waals surface area contributed by atoms with E-state index in [1.807, 2.05) is 0 Å². The van der Waals surface area contributed by atoms with E-state index < -0.39 is 8.07 Å². The summed E-state index contributed by atoms with van der Waals surface area (Å²) in [5.41, 5.74) is 0. The smallest absolute Gasteiger partial charge is 0.122 e. The van der Waals surface area contributed by atoms with Crippen molar-refractivity contribution in [1.82, 2.24) is 0 Å². The summed E-state index contributed by atoms with van der Waals surface area (Å²) in [6.45, 7) is 2.11. The molecule has 3 rings (SSSR count). The lowest BCUT2D eigenvalue weighted by atomic mass is 10.3. The molecule has 0 aliphatic carbocycles. The molecule has 3 aromatic carbocycles. The second kappa shape index (κ2) is 7.65. The predicted molar refractivity (Wildman–Crippen MR) is 108 cm³/mol. The molecule has 0 aromatic heterocycles. The summed E-state index contributed by atoms with van der Waals surface area (Å²) in [4.78, 5) is 0. The molecular weight excluding hydrogens is 328 g/mol. The van der Waals surface area contributed by atoms with Crippen LogP contribution in [0.4, 0.5) is 0 Å². The first-order chi connectivity index (χ1) is 11.8. The van der Waals surface area contributed by atoms with Crippen LogP contribution in [0.1, 0.15) is 6.92 Å². The van der Waals surface area contributed by atoms with Gasteiger partial charge in [-0.2, -0.15) is 0 Å². The van der Waals surface area contributed by atoms with E-state index in [0.717, 1.165) is 0 Å². The second-order valence-electron chi connectivity index (χ2n) is 5.80. The van der Waals surface area contributed by atoms with Gasteiger partial charge in [0.25, 0.3) is 0 Å². The molecule has 0 aliphatic heterocycles. The summed E-state index contributed by atoms with van der Waals surface area (Å²) < 4.78 is 0. The van der Waals surface area contributed by atoms with Crippen molar-refractivity contribution >= 4 is 35.2 Å². The first kappa shape index (κ1) is 16.8. The number of rotatable bonds is 5. The van der Waals surface area contributed by atoms with Crippen molar-refractivity contribution in [3.63, 3.8) is 0 Å². The van der Waals surface area contributed by atoms with Crippen LogP contribution in [0.2, 0.25) is 0 Å². The Morgan fingerprint density at radius 1 is 0.708 bits per heavy atom. The van der Waals surface area contributed by atoms with E-state index >= 15 is 0 Å². The fourth-order valence-corrected chi connectivity index (χ4v) is 9.09. The molecule has 0 radical (unpaired) electrons. The standard InChI is InChI=1S/C22H21ClSi/c1-2-19(18-23)24(20-12-6-3-7-13-20,21-14-8-4-9-15-21)22-16-10-5-11-17-22/h2-17H,18H2,1H3/b19-2-. The highest BCUT2D eigenvalue weighted by Gasteiger charge is 2.41. The average Bonchev–Trinajstić information content (AvgIpc) is 2.68. The zero-order valence-electron chi connectivity index (χ0n) is 13.8. The molecule has 0 unspecified atom stereocenters. The van der Waals surface area contributed by atoms with Gasteiger partial charge in [-0.3, -0.25) is 0 Å². The molecule has 2 heteroatoms. The van der Waals surface area contributed by atoms with Crippen LogP contribution < -0.4 is 15.6 Å². The predicted octanol–water partition coefficient (Wildman–Crippen LogP) is 3.88. The largest absolute Gasteiger partial charge is 0.176 e. The third-order valence-electron chi connectivity index (χ3n) is 4.59. The lowest BCUT2D eigenvalue weighted by Gasteiger charge is -2.35. The van der Waals surface area contributed by atoms with Gasteiger partial charge in [0, 0.05) is 5.88 Å². The number of allylic oxidation sites excluding steroid dienone is 2. The Kier molecular flexibility index (Phi) is 5.34. The maximum Gasteiger partial charge on any atom is 0.176 e. The molecule has 0 heterocycles. The summed E-state index contributed by atoms with van der Waals surface area (Å²) >= 11 is 6.47. The van der Waals surface area contributed by atoms with Crippen LogP contribution in [0.3, 0.4) is 0 Å². The van der Waals surface area contributed by atoms with E-state index in [-0.39, 0.29) is 0 Å². The topological polar surface area (TPSA) is 0 Å². The number of benzene rings is 3. The zero-order chi connectivity index (χ0) is 16.8. The molecule has 0 saturated heterocycles. The molecule has 0 amide bonds. The molecule has 0 saturated carbocycles. The normalized spacial score (nSPS) is 12.2. The maximum atomic E-state index is 6.47. The Bertz CT molecular complexity index is 698.